The van der Waals surface area contributed by atoms with Crippen LogP contribution in [0.25, 0.3) is 0 Å². The van der Waals surface area contributed by atoms with Crippen LogP contribution in [-0.4, -0.2) is 28.8 Å². The lowest BCUT2D eigenvalue weighted by atomic mass is 9.98. The van der Waals surface area contributed by atoms with Crippen LogP contribution in [0.4, 0.5) is 0 Å². The first kappa shape index (κ1) is 15.3. The zero-order valence-corrected chi connectivity index (χ0v) is 13.8. The normalized spacial score (nSPS) is 23.8. The molecular weight excluding hydrogens is 280 g/mol. The summed E-state index contributed by atoms with van der Waals surface area (Å²) >= 11 is 0. The van der Waals surface area contributed by atoms with Crippen molar-refractivity contribution in [2.75, 3.05) is 7.11 Å². The average Bonchev–Trinajstić information content (AvgIpc) is 2.85. The molecule has 0 amide bonds. The van der Waals surface area contributed by atoms with Gasteiger partial charge in [-0.05, 0) is 43.4 Å². The summed E-state index contributed by atoms with van der Waals surface area (Å²) in [6.45, 7) is 6.62. The molecule has 1 aromatic rings. The summed E-state index contributed by atoms with van der Waals surface area (Å²) in [5.74, 6) is 1.10. The van der Waals surface area contributed by atoms with E-state index >= 15 is 0 Å². The van der Waals surface area contributed by atoms with Crippen LogP contribution in [0.2, 0.25) is 0 Å². The van der Waals surface area contributed by atoms with E-state index in [-0.39, 0.29) is 11.9 Å². The summed E-state index contributed by atoms with van der Waals surface area (Å²) < 4.78 is 6.23. The summed E-state index contributed by atoms with van der Waals surface area (Å²) in [6, 6.07) is 0. The molecule has 1 saturated carbocycles. The molecule has 0 spiro atoms. The molecule has 5 heteroatoms. The number of unbranched alkanes of at least 4 members (excludes halogenated alkanes) is 1. The average molecular weight is 304 g/mol. The molecule has 0 saturated heterocycles. The first-order chi connectivity index (χ1) is 10.4. The molecule has 2 aliphatic carbocycles. The molecule has 1 aromatic heterocycles. The van der Waals surface area contributed by atoms with E-state index in [1.807, 2.05) is 6.92 Å². The molecule has 120 valence electrons. The smallest absolute Gasteiger partial charge is 0.305 e. The van der Waals surface area contributed by atoms with Crippen LogP contribution in [0.5, 0.6) is 0 Å². The van der Waals surface area contributed by atoms with Crippen LogP contribution in [-0.2, 0) is 16.0 Å². The second kappa shape index (κ2) is 5.21. The third kappa shape index (κ3) is 2.27. The SMILES string of the molecule is COC(=O)CCCCC(=O)n1nc(C)c2c1CC1C2C1(C)C. The molecule has 3 rings (SSSR count). The van der Waals surface area contributed by atoms with E-state index in [2.05, 4.69) is 23.7 Å². The van der Waals surface area contributed by atoms with Gasteiger partial charge in [0.2, 0.25) is 5.91 Å². The molecule has 2 atom stereocenters. The maximum atomic E-state index is 12.4. The molecule has 2 aliphatic rings. The van der Waals surface area contributed by atoms with Crippen LogP contribution in [0.3, 0.4) is 0 Å². The summed E-state index contributed by atoms with van der Waals surface area (Å²) in [6.07, 6.45) is 3.16. The molecule has 2 unspecified atom stereocenters. The van der Waals surface area contributed by atoms with Gasteiger partial charge in [0, 0.05) is 18.4 Å². The summed E-state index contributed by atoms with van der Waals surface area (Å²) in [5.41, 5.74) is 3.83. The number of fused-ring (bicyclic) bond motifs is 3. The van der Waals surface area contributed by atoms with Crippen molar-refractivity contribution < 1.29 is 14.3 Å². The topological polar surface area (TPSA) is 61.2 Å². The van der Waals surface area contributed by atoms with Crippen molar-refractivity contribution in [2.24, 2.45) is 11.3 Å². The highest BCUT2D eigenvalue weighted by Gasteiger charge is 2.63. The third-order valence-corrected chi connectivity index (χ3v) is 5.47. The van der Waals surface area contributed by atoms with Crippen molar-refractivity contribution in [1.82, 2.24) is 9.78 Å². The largest absolute Gasteiger partial charge is 0.469 e. The van der Waals surface area contributed by atoms with Gasteiger partial charge < -0.3 is 4.74 Å². The van der Waals surface area contributed by atoms with Crippen LogP contribution >= 0.6 is 0 Å². The lowest BCUT2D eigenvalue weighted by Gasteiger charge is -2.10. The van der Waals surface area contributed by atoms with E-state index in [4.69, 9.17) is 0 Å². The van der Waals surface area contributed by atoms with Gasteiger partial charge in [-0.3, -0.25) is 9.59 Å². The Hall–Kier alpha value is -1.65. The van der Waals surface area contributed by atoms with Crippen molar-refractivity contribution in [3.05, 3.63) is 17.0 Å². The maximum absolute atomic E-state index is 12.4. The molecule has 0 bridgehead atoms. The quantitative estimate of drug-likeness (QED) is 0.620. The third-order valence-electron chi connectivity index (χ3n) is 5.47. The number of esters is 1. The molecular formula is C17H24N2O3. The van der Waals surface area contributed by atoms with Crippen LogP contribution in [0, 0.1) is 18.3 Å². The second-order valence-corrected chi connectivity index (χ2v) is 7.14. The van der Waals surface area contributed by atoms with E-state index < -0.39 is 0 Å². The number of hydrogen-bond acceptors (Lipinski definition) is 4. The molecule has 5 nitrogen and oxygen atoms in total. The Kier molecular flexibility index (Phi) is 3.62. The predicted molar refractivity (Wildman–Crippen MR) is 81.8 cm³/mol. The van der Waals surface area contributed by atoms with Crippen molar-refractivity contribution in [1.29, 1.82) is 0 Å². The monoisotopic (exact) mass is 304 g/mol. The highest BCUT2D eigenvalue weighted by molar-refractivity contribution is 5.79. The molecule has 0 radical (unpaired) electrons. The van der Waals surface area contributed by atoms with Crippen molar-refractivity contribution in [2.45, 2.75) is 58.8 Å². The first-order valence-corrected chi connectivity index (χ1v) is 8.06. The summed E-state index contributed by atoms with van der Waals surface area (Å²) in [7, 11) is 1.39. The number of carbonyl (C=O) groups is 2. The van der Waals surface area contributed by atoms with Gasteiger partial charge in [0.25, 0.3) is 0 Å². The molecule has 1 heterocycles. The van der Waals surface area contributed by atoms with E-state index in [1.165, 1.54) is 12.7 Å². The molecule has 22 heavy (non-hydrogen) atoms. The Labute approximate surface area is 131 Å². The van der Waals surface area contributed by atoms with Gasteiger partial charge in [-0.1, -0.05) is 13.8 Å². The van der Waals surface area contributed by atoms with Gasteiger partial charge in [-0.15, -0.1) is 0 Å². The number of aromatic nitrogens is 2. The number of rotatable bonds is 5. The standard InChI is InChI=1S/C17H24N2O3/c1-10-15-12(9-11-16(15)17(11,2)3)19(18-10)13(20)7-5-6-8-14(21)22-4/h11,16H,5-9H2,1-4H3. The van der Waals surface area contributed by atoms with Gasteiger partial charge >= 0.3 is 5.97 Å². The van der Waals surface area contributed by atoms with E-state index in [9.17, 15) is 9.59 Å². The Morgan fingerprint density at radius 3 is 2.68 bits per heavy atom. The van der Waals surface area contributed by atoms with Crippen LogP contribution in [0.1, 0.15) is 67.2 Å². The number of aryl methyl sites for hydroxylation is 1. The van der Waals surface area contributed by atoms with E-state index in [1.54, 1.807) is 4.68 Å². The maximum Gasteiger partial charge on any atom is 0.305 e. The lowest BCUT2D eigenvalue weighted by Crippen LogP contribution is -2.16. The fourth-order valence-electron chi connectivity index (χ4n) is 4.05. The highest BCUT2D eigenvalue weighted by Crippen LogP contribution is 2.70. The Morgan fingerprint density at radius 1 is 1.32 bits per heavy atom. The Morgan fingerprint density at radius 2 is 2.00 bits per heavy atom. The van der Waals surface area contributed by atoms with Gasteiger partial charge in [-0.2, -0.15) is 5.10 Å². The molecule has 1 fully saturated rings. The minimum absolute atomic E-state index is 0.0494. The van der Waals surface area contributed by atoms with Gasteiger partial charge in [-0.25, -0.2) is 4.68 Å². The Balaban J connectivity index is 1.62. The fraction of sp³-hybridized carbons (Fsp3) is 0.706. The van der Waals surface area contributed by atoms with Gasteiger partial charge in [0.1, 0.15) is 0 Å². The van der Waals surface area contributed by atoms with E-state index in [0.717, 1.165) is 17.8 Å². The zero-order valence-electron chi connectivity index (χ0n) is 13.8. The van der Waals surface area contributed by atoms with Crippen LogP contribution in [0.15, 0.2) is 0 Å². The predicted octanol–water partition coefficient (Wildman–Crippen LogP) is 2.86. The van der Waals surface area contributed by atoms with Crippen molar-refractivity contribution in [3.8, 4) is 0 Å². The summed E-state index contributed by atoms with van der Waals surface area (Å²) in [5, 5.41) is 4.48. The first-order valence-electron chi connectivity index (χ1n) is 8.06. The highest BCUT2D eigenvalue weighted by atomic mass is 16.5. The minimum Gasteiger partial charge on any atom is -0.469 e. The van der Waals surface area contributed by atoms with Crippen molar-refractivity contribution in [3.63, 3.8) is 0 Å². The van der Waals surface area contributed by atoms with Gasteiger partial charge in [0.05, 0.1) is 18.5 Å². The number of ether oxygens (including phenoxy) is 1. The van der Waals surface area contributed by atoms with Crippen LogP contribution < -0.4 is 0 Å². The molecule has 0 N–H and O–H groups in total. The van der Waals surface area contributed by atoms with Gasteiger partial charge in [0.15, 0.2) is 0 Å². The van der Waals surface area contributed by atoms with E-state index in [0.29, 0.717) is 42.9 Å². The number of hydrogen-bond donors (Lipinski definition) is 0. The zero-order chi connectivity index (χ0) is 16.1. The lowest BCUT2D eigenvalue weighted by molar-refractivity contribution is -0.140. The fourth-order valence-corrected chi connectivity index (χ4v) is 4.05. The number of carbonyl (C=O) groups excluding carboxylic acids is 2. The summed E-state index contributed by atoms with van der Waals surface area (Å²) in [4.78, 5) is 23.5. The molecule has 0 aliphatic heterocycles. The Bertz CT molecular complexity index is 630. The number of methoxy groups -OCH3 is 1. The second-order valence-electron chi connectivity index (χ2n) is 7.14. The molecule has 0 aromatic carbocycles. The van der Waals surface area contributed by atoms with Crippen molar-refractivity contribution >= 4 is 11.9 Å². The minimum atomic E-state index is -0.217. The number of nitrogens with zero attached hydrogens (tertiary/aromatic N) is 2.